The van der Waals surface area contributed by atoms with E-state index in [4.69, 9.17) is 18.9 Å². The van der Waals surface area contributed by atoms with E-state index in [0.717, 1.165) is 11.1 Å². The molecule has 0 amide bonds. The number of allylic oxidation sites excluding steroid dienone is 1. The zero-order valence-electron chi connectivity index (χ0n) is 15.1. The average Bonchev–Trinajstić information content (AvgIpc) is 2.65. The van der Waals surface area contributed by atoms with Crippen LogP contribution in [0.3, 0.4) is 0 Å². The molecule has 5 heteroatoms. The van der Waals surface area contributed by atoms with Gasteiger partial charge in [0.05, 0.1) is 28.4 Å². The van der Waals surface area contributed by atoms with E-state index in [2.05, 4.69) is 0 Å². The minimum absolute atomic E-state index is 0.114. The Morgan fingerprint density at radius 3 is 1.96 bits per heavy atom. The molecule has 2 rings (SSSR count). The van der Waals surface area contributed by atoms with Gasteiger partial charge in [-0.1, -0.05) is 0 Å². The molecule has 0 spiro atoms. The number of ether oxygens (including phenoxy) is 4. The molecule has 0 aromatic heterocycles. The van der Waals surface area contributed by atoms with E-state index in [1.807, 2.05) is 13.0 Å². The molecule has 0 aliphatic carbocycles. The van der Waals surface area contributed by atoms with Crippen LogP contribution < -0.4 is 18.9 Å². The number of benzene rings is 2. The first-order valence-electron chi connectivity index (χ1n) is 7.71. The molecule has 0 aliphatic rings. The Hall–Kier alpha value is -2.95. The van der Waals surface area contributed by atoms with E-state index in [9.17, 15) is 4.79 Å². The van der Waals surface area contributed by atoms with Crippen molar-refractivity contribution in [1.82, 2.24) is 0 Å². The van der Waals surface area contributed by atoms with Crippen LogP contribution in [0.5, 0.6) is 23.0 Å². The highest BCUT2D eigenvalue weighted by atomic mass is 16.5. The van der Waals surface area contributed by atoms with Crippen LogP contribution in [0.4, 0.5) is 0 Å². The molecule has 0 saturated carbocycles. The zero-order valence-corrected chi connectivity index (χ0v) is 15.1. The van der Waals surface area contributed by atoms with Gasteiger partial charge in [-0.3, -0.25) is 4.79 Å². The van der Waals surface area contributed by atoms with Gasteiger partial charge in [0.15, 0.2) is 17.3 Å². The third kappa shape index (κ3) is 3.94. The Kier molecular flexibility index (Phi) is 6.06. The predicted octanol–water partition coefficient (Wildman–Crippen LogP) is 3.93. The molecule has 5 nitrogen and oxygen atoms in total. The van der Waals surface area contributed by atoms with Crippen molar-refractivity contribution in [2.24, 2.45) is 0 Å². The first-order chi connectivity index (χ1) is 12.0. The van der Waals surface area contributed by atoms with Gasteiger partial charge in [0, 0.05) is 11.1 Å². The highest BCUT2D eigenvalue weighted by Gasteiger charge is 2.17. The predicted molar refractivity (Wildman–Crippen MR) is 97.2 cm³/mol. The Morgan fingerprint density at radius 2 is 1.44 bits per heavy atom. The SMILES string of the molecule is COc1ccc(C(=O)C=Cc2cc(C)c(OC)c(OC)c2OC)cc1. The number of rotatable bonds is 7. The summed E-state index contributed by atoms with van der Waals surface area (Å²) in [4.78, 5) is 12.4. The van der Waals surface area contributed by atoms with Gasteiger partial charge in [-0.15, -0.1) is 0 Å². The first kappa shape index (κ1) is 18.4. The van der Waals surface area contributed by atoms with Crippen LogP contribution >= 0.6 is 0 Å². The number of methoxy groups -OCH3 is 4. The summed E-state index contributed by atoms with van der Waals surface area (Å²) in [5.74, 6) is 2.22. The van der Waals surface area contributed by atoms with Crippen molar-refractivity contribution in [2.75, 3.05) is 28.4 Å². The van der Waals surface area contributed by atoms with Gasteiger partial charge in [0.1, 0.15) is 5.75 Å². The Morgan fingerprint density at radius 1 is 0.840 bits per heavy atom. The summed E-state index contributed by atoms with van der Waals surface area (Å²) in [5, 5.41) is 0. The smallest absolute Gasteiger partial charge is 0.204 e. The van der Waals surface area contributed by atoms with Gasteiger partial charge in [-0.2, -0.15) is 0 Å². The molecule has 25 heavy (non-hydrogen) atoms. The van der Waals surface area contributed by atoms with Gasteiger partial charge in [-0.25, -0.2) is 0 Å². The molecule has 0 radical (unpaired) electrons. The molecule has 0 N–H and O–H groups in total. The van der Waals surface area contributed by atoms with Crippen molar-refractivity contribution in [3.63, 3.8) is 0 Å². The van der Waals surface area contributed by atoms with Crippen LogP contribution in [0, 0.1) is 6.92 Å². The van der Waals surface area contributed by atoms with E-state index in [0.29, 0.717) is 28.6 Å². The minimum atomic E-state index is -0.114. The lowest BCUT2D eigenvalue weighted by atomic mass is 10.1. The third-order valence-corrected chi connectivity index (χ3v) is 3.81. The largest absolute Gasteiger partial charge is 0.497 e. The lowest BCUT2D eigenvalue weighted by Gasteiger charge is -2.16. The maximum absolute atomic E-state index is 12.4. The van der Waals surface area contributed by atoms with Crippen molar-refractivity contribution >= 4 is 11.9 Å². The molecule has 132 valence electrons. The second-order valence-corrected chi connectivity index (χ2v) is 5.31. The summed E-state index contributed by atoms with van der Waals surface area (Å²) in [6, 6.07) is 8.84. The molecule has 2 aromatic rings. The molecular weight excluding hydrogens is 320 g/mol. The number of ketones is 1. The molecule has 0 saturated heterocycles. The zero-order chi connectivity index (χ0) is 18.4. The fraction of sp³-hybridized carbons (Fsp3) is 0.250. The topological polar surface area (TPSA) is 54.0 Å². The second kappa shape index (κ2) is 8.24. The van der Waals surface area contributed by atoms with E-state index in [1.165, 1.54) is 6.08 Å². The van der Waals surface area contributed by atoms with Crippen LogP contribution in [0.15, 0.2) is 36.4 Å². The van der Waals surface area contributed by atoms with Gasteiger partial charge >= 0.3 is 0 Å². The maximum atomic E-state index is 12.4. The standard InChI is InChI=1S/C20H22O5/c1-13-12-15(19(24-4)20(25-5)18(13)23-3)8-11-17(21)14-6-9-16(22-2)10-7-14/h6-12H,1-5H3. The van der Waals surface area contributed by atoms with Crippen molar-refractivity contribution in [2.45, 2.75) is 6.92 Å². The number of hydrogen-bond donors (Lipinski definition) is 0. The van der Waals surface area contributed by atoms with Gasteiger partial charge in [0.25, 0.3) is 0 Å². The third-order valence-electron chi connectivity index (χ3n) is 3.81. The normalized spacial score (nSPS) is 10.6. The van der Waals surface area contributed by atoms with Crippen molar-refractivity contribution in [3.8, 4) is 23.0 Å². The molecule has 0 heterocycles. The summed E-state index contributed by atoms with van der Waals surface area (Å²) in [6.07, 6.45) is 3.21. The molecular formula is C20H22O5. The Labute approximate surface area is 147 Å². The lowest BCUT2D eigenvalue weighted by Crippen LogP contribution is -1.99. The van der Waals surface area contributed by atoms with Crippen LogP contribution in [0.2, 0.25) is 0 Å². The highest BCUT2D eigenvalue weighted by Crippen LogP contribution is 2.42. The van der Waals surface area contributed by atoms with Crippen LogP contribution in [-0.2, 0) is 0 Å². The van der Waals surface area contributed by atoms with Crippen LogP contribution in [0.25, 0.3) is 6.08 Å². The fourth-order valence-electron chi connectivity index (χ4n) is 2.57. The monoisotopic (exact) mass is 342 g/mol. The first-order valence-corrected chi connectivity index (χ1v) is 7.71. The van der Waals surface area contributed by atoms with Crippen LogP contribution in [-0.4, -0.2) is 34.2 Å². The average molecular weight is 342 g/mol. The van der Waals surface area contributed by atoms with Crippen LogP contribution in [0.1, 0.15) is 21.5 Å². The van der Waals surface area contributed by atoms with Gasteiger partial charge < -0.3 is 18.9 Å². The lowest BCUT2D eigenvalue weighted by molar-refractivity contribution is 0.104. The van der Waals surface area contributed by atoms with E-state index >= 15 is 0 Å². The van der Waals surface area contributed by atoms with Crippen molar-refractivity contribution in [1.29, 1.82) is 0 Å². The number of carbonyl (C=O) groups excluding carboxylic acids is 1. The fourth-order valence-corrected chi connectivity index (χ4v) is 2.57. The number of carbonyl (C=O) groups is 1. The number of aryl methyl sites for hydroxylation is 1. The second-order valence-electron chi connectivity index (χ2n) is 5.31. The summed E-state index contributed by atoms with van der Waals surface area (Å²) < 4.78 is 21.3. The molecule has 2 aromatic carbocycles. The Balaban J connectivity index is 2.36. The maximum Gasteiger partial charge on any atom is 0.204 e. The number of hydrogen-bond acceptors (Lipinski definition) is 5. The Bertz CT molecular complexity index is 776. The van der Waals surface area contributed by atoms with Gasteiger partial charge in [0.2, 0.25) is 5.75 Å². The van der Waals surface area contributed by atoms with Crippen molar-refractivity contribution in [3.05, 3.63) is 53.1 Å². The summed E-state index contributed by atoms with van der Waals surface area (Å²) in [6.45, 7) is 1.91. The quantitative estimate of drug-likeness (QED) is 0.564. The molecule has 0 unspecified atom stereocenters. The molecule has 0 fully saturated rings. The summed E-state index contributed by atoms with van der Waals surface area (Å²) in [7, 11) is 6.26. The van der Waals surface area contributed by atoms with Gasteiger partial charge in [-0.05, 0) is 55.0 Å². The highest BCUT2D eigenvalue weighted by molar-refractivity contribution is 6.07. The summed E-state index contributed by atoms with van der Waals surface area (Å²) >= 11 is 0. The molecule has 0 aliphatic heterocycles. The minimum Gasteiger partial charge on any atom is -0.497 e. The summed E-state index contributed by atoms with van der Waals surface area (Å²) in [5.41, 5.74) is 2.20. The van der Waals surface area contributed by atoms with E-state index < -0.39 is 0 Å². The van der Waals surface area contributed by atoms with E-state index in [1.54, 1.807) is 58.8 Å². The molecule has 0 bridgehead atoms. The van der Waals surface area contributed by atoms with Crippen molar-refractivity contribution < 1.29 is 23.7 Å². The van der Waals surface area contributed by atoms with E-state index in [-0.39, 0.29) is 5.78 Å². The molecule has 0 atom stereocenters.